The maximum atomic E-state index is 13.9. The van der Waals surface area contributed by atoms with Crippen LogP contribution >= 0.6 is 0 Å². The van der Waals surface area contributed by atoms with Gasteiger partial charge in [-0.2, -0.15) is 0 Å². The van der Waals surface area contributed by atoms with Gasteiger partial charge in [-0.25, -0.2) is 0 Å². The first-order valence-corrected chi connectivity index (χ1v) is 14.0. The minimum atomic E-state index is -0.657. The second-order valence-electron chi connectivity index (χ2n) is 12.7. The second kappa shape index (κ2) is 12.6. The molecule has 0 bridgehead atoms. The molecule has 36 heavy (non-hydrogen) atoms. The van der Waals surface area contributed by atoms with Crippen molar-refractivity contribution in [2.45, 2.75) is 125 Å². The highest BCUT2D eigenvalue weighted by atomic mass is 16.2. The van der Waals surface area contributed by atoms with E-state index < -0.39 is 11.5 Å². The number of carbonyl (C=O) groups excluding carboxylic acids is 3. The number of rotatable bonds is 8. The zero-order valence-electron chi connectivity index (χ0n) is 24.6. The Hall–Kier alpha value is -1.89. The summed E-state index contributed by atoms with van der Waals surface area (Å²) in [5.74, 6) is -0.00867. The number of likely N-dealkylation sites (N-methyl/N-ethyl adjacent to an activating group) is 1. The van der Waals surface area contributed by atoms with Crippen LogP contribution in [0.15, 0.2) is 11.6 Å². The molecule has 0 aliphatic carbocycles. The fraction of sp³-hybridized carbons (Fsp3) is 0.828. The molecule has 2 rings (SSSR count). The second-order valence-corrected chi connectivity index (χ2v) is 12.7. The SMILES string of the molecule is C/C(=C\[C@H](C(C)C)N(C)C(=O)[C@@H](NC(=O)C1CCCCN1C(C)C)C(C)(C)C)C(=O)N1CCC[C@H]1C. The molecule has 1 unspecified atom stereocenters. The van der Waals surface area contributed by atoms with Gasteiger partial charge in [-0.05, 0) is 71.3 Å². The predicted octanol–water partition coefficient (Wildman–Crippen LogP) is 4.22. The number of hydrogen-bond donors (Lipinski definition) is 1. The molecule has 0 aromatic rings. The van der Waals surface area contributed by atoms with Crippen LogP contribution in [0.3, 0.4) is 0 Å². The van der Waals surface area contributed by atoms with Crippen LogP contribution in [0.4, 0.5) is 0 Å². The zero-order valence-corrected chi connectivity index (χ0v) is 24.6. The molecular weight excluding hydrogens is 452 g/mol. The Bertz CT molecular complexity index is 814. The van der Waals surface area contributed by atoms with Crippen LogP contribution in [0.5, 0.6) is 0 Å². The summed E-state index contributed by atoms with van der Waals surface area (Å²) in [6, 6.07) is -0.576. The first kappa shape index (κ1) is 30.3. The lowest BCUT2D eigenvalue weighted by molar-refractivity contribution is -0.142. The summed E-state index contributed by atoms with van der Waals surface area (Å²) in [5.41, 5.74) is 0.215. The molecule has 2 fully saturated rings. The number of likely N-dealkylation sites (tertiary alicyclic amines) is 2. The van der Waals surface area contributed by atoms with E-state index in [2.05, 4.69) is 44.8 Å². The average Bonchev–Trinajstić information content (AvgIpc) is 3.23. The quantitative estimate of drug-likeness (QED) is 0.503. The molecule has 3 amide bonds. The Balaban J connectivity index is 2.25. The Morgan fingerprint density at radius 3 is 2.14 bits per heavy atom. The number of nitrogens with zero attached hydrogens (tertiary/aromatic N) is 3. The van der Waals surface area contributed by atoms with Crippen molar-refractivity contribution >= 4 is 17.7 Å². The lowest BCUT2D eigenvalue weighted by Gasteiger charge is -2.41. The van der Waals surface area contributed by atoms with Crippen LogP contribution in [-0.4, -0.2) is 82.8 Å². The van der Waals surface area contributed by atoms with Crippen LogP contribution in [0.2, 0.25) is 0 Å². The van der Waals surface area contributed by atoms with Crippen molar-refractivity contribution in [1.82, 2.24) is 20.0 Å². The van der Waals surface area contributed by atoms with E-state index in [-0.39, 0.29) is 47.8 Å². The number of hydrogen-bond acceptors (Lipinski definition) is 4. The Kier molecular flexibility index (Phi) is 10.6. The van der Waals surface area contributed by atoms with Gasteiger partial charge in [0.05, 0.1) is 12.1 Å². The van der Waals surface area contributed by atoms with Crippen molar-refractivity contribution in [3.63, 3.8) is 0 Å². The van der Waals surface area contributed by atoms with E-state index in [0.717, 1.165) is 45.2 Å². The highest BCUT2D eigenvalue weighted by Gasteiger charge is 2.40. The van der Waals surface area contributed by atoms with E-state index in [0.29, 0.717) is 5.57 Å². The highest BCUT2D eigenvalue weighted by molar-refractivity contribution is 5.94. The van der Waals surface area contributed by atoms with Gasteiger partial charge >= 0.3 is 0 Å². The molecule has 2 saturated heterocycles. The molecule has 2 heterocycles. The Labute approximate surface area is 220 Å². The molecule has 7 nitrogen and oxygen atoms in total. The van der Waals surface area contributed by atoms with Crippen molar-refractivity contribution in [3.05, 3.63) is 11.6 Å². The molecule has 0 aromatic heterocycles. The molecule has 2 aliphatic heterocycles. The van der Waals surface area contributed by atoms with Crippen molar-refractivity contribution < 1.29 is 14.4 Å². The molecule has 2 aliphatic rings. The predicted molar refractivity (Wildman–Crippen MR) is 146 cm³/mol. The minimum Gasteiger partial charge on any atom is -0.342 e. The first-order valence-electron chi connectivity index (χ1n) is 14.0. The van der Waals surface area contributed by atoms with Gasteiger partial charge in [0.15, 0.2) is 0 Å². The van der Waals surface area contributed by atoms with Gasteiger partial charge in [0.1, 0.15) is 6.04 Å². The van der Waals surface area contributed by atoms with Crippen molar-refractivity contribution in [3.8, 4) is 0 Å². The third-order valence-electron chi connectivity index (χ3n) is 7.96. The highest BCUT2D eigenvalue weighted by Crippen LogP contribution is 2.26. The molecule has 0 aromatic carbocycles. The standard InChI is InChI=1S/C29H52N4O3/c1-19(2)24(18-21(5)27(35)33-17-13-14-22(33)6)31(10)28(36)25(29(7,8)9)30-26(34)23-15-11-12-16-32(23)20(3)4/h18-20,22-25H,11-17H2,1-10H3,(H,30,34)/b21-18+/t22-,23?,24-,25-/m1/s1. The Morgan fingerprint density at radius 2 is 1.64 bits per heavy atom. The lowest BCUT2D eigenvalue weighted by Crippen LogP contribution is -2.60. The first-order chi connectivity index (χ1) is 16.7. The van der Waals surface area contributed by atoms with Gasteiger partial charge in [0.25, 0.3) is 0 Å². The number of carbonyl (C=O) groups is 3. The van der Waals surface area contributed by atoms with Gasteiger partial charge < -0.3 is 15.1 Å². The molecule has 7 heteroatoms. The summed E-state index contributed by atoms with van der Waals surface area (Å²) in [6.07, 6.45) is 6.96. The Morgan fingerprint density at radius 1 is 1.00 bits per heavy atom. The smallest absolute Gasteiger partial charge is 0.249 e. The molecule has 1 N–H and O–H groups in total. The largest absolute Gasteiger partial charge is 0.342 e. The summed E-state index contributed by atoms with van der Waals surface area (Å²) < 4.78 is 0. The van der Waals surface area contributed by atoms with Gasteiger partial charge in [-0.1, -0.05) is 47.1 Å². The summed E-state index contributed by atoms with van der Waals surface area (Å²) in [4.78, 5) is 46.4. The summed E-state index contributed by atoms with van der Waals surface area (Å²) in [6.45, 7) is 20.0. The monoisotopic (exact) mass is 504 g/mol. The van der Waals surface area contributed by atoms with Gasteiger partial charge in [-0.3, -0.25) is 19.3 Å². The topological polar surface area (TPSA) is 73.0 Å². The van der Waals surface area contributed by atoms with Crippen LogP contribution in [-0.2, 0) is 14.4 Å². The van der Waals surface area contributed by atoms with Gasteiger partial charge in [0, 0.05) is 31.2 Å². The molecule has 0 radical (unpaired) electrons. The summed E-state index contributed by atoms with van der Waals surface area (Å²) in [5, 5.41) is 3.14. The average molecular weight is 505 g/mol. The van der Waals surface area contributed by atoms with E-state index in [4.69, 9.17) is 0 Å². The number of amides is 3. The summed E-state index contributed by atoms with van der Waals surface area (Å²) in [7, 11) is 1.80. The number of piperidine rings is 1. The summed E-state index contributed by atoms with van der Waals surface area (Å²) >= 11 is 0. The van der Waals surface area contributed by atoms with Crippen molar-refractivity contribution in [2.75, 3.05) is 20.1 Å². The normalized spacial score (nSPS) is 23.7. The van der Waals surface area contributed by atoms with Gasteiger partial charge in [0.2, 0.25) is 17.7 Å². The molecular formula is C29H52N4O3. The van der Waals surface area contributed by atoms with Crippen LogP contribution < -0.4 is 5.32 Å². The fourth-order valence-electron chi connectivity index (χ4n) is 5.63. The fourth-order valence-corrected chi connectivity index (χ4v) is 5.63. The van der Waals surface area contributed by atoms with Crippen LogP contribution in [0.1, 0.15) is 94.4 Å². The third kappa shape index (κ3) is 7.33. The minimum absolute atomic E-state index is 0.0539. The molecule has 4 atom stereocenters. The van der Waals surface area contributed by atoms with Crippen LogP contribution in [0.25, 0.3) is 0 Å². The maximum absolute atomic E-state index is 13.9. The van der Waals surface area contributed by atoms with E-state index in [9.17, 15) is 14.4 Å². The van der Waals surface area contributed by atoms with Crippen LogP contribution in [0, 0.1) is 11.3 Å². The molecule has 206 valence electrons. The van der Waals surface area contributed by atoms with E-state index in [1.54, 1.807) is 11.9 Å². The van der Waals surface area contributed by atoms with E-state index in [1.165, 1.54) is 0 Å². The lowest BCUT2D eigenvalue weighted by atomic mass is 9.84. The van der Waals surface area contributed by atoms with E-state index in [1.807, 2.05) is 38.7 Å². The van der Waals surface area contributed by atoms with Crippen molar-refractivity contribution in [2.24, 2.45) is 11.3 Å². The molecule has 0 saturated carbocycles. The maximum Gasteiger partial charge on any atom is 0.249 e. The van der Waals surface area contributed by atoms with E-state index >= 15 is 0 Å². The van der Waals surface area contributed by atoms with Gasteiger partial charge in [-0.15, -0.1) is 0 Å². The zero-order chi connectivity index (χ0) is 27.4. The third-order valence-corrected chi connectivity index (χ3v) is 7.96. The number of nitrogens with one attached hydrogen (secondary N) is 1. The molecule has 0 spiro atoms. The van der Waals surface area contributed by atoms with Crippen molar-refractivity contribution in [1.29, 1.82) is 0 Å².